The second-order valence-electron chi connectivity index (χ2n) is 8.31. The van der Waals surface area contributed by atoms with Gasteiger partial charge in [-0.15, -0.1) is 13.2 Å². The van der Waals surface area contributed by atoms with E-state index in [9.17, 15) is 18.0 Å². The second kappa shape index (κ2) is 10.1. The van der Waals surface area contributed by atoms with Crippen LogP contribution in [0.25, 0.3) is 22.2 Å². The number of fused-ring (bicyclic) bond motifs is 1. The van der Waals surface area contributed by atoms with Gasteiger partial charge in [-0.2, -0.15) is 0 Å². The molecule has 0 saturated carbocycles. The Morgan fingerprint density at radius 1 is 1.03 bits per heavy atom. The number of hydrogen-bond donors (Lipinski definition) is 0. The van der Waals surface area contributed by atoms with Crippen LogP contribution >= 0.6 is 0 Å². The number of alkyl halides is 3. The Hall–Kier alpha value is -4.12. The number of morpholine rings is 1. The molecule has 1 saturated heterocycles. The smallest absolute Gasteiger partial charge is 0.404 e. The summed E-state index contributed by atoms with van der Waals surface area (Å²) < 4.78 is 63.3. The highest BCUT2D eigenvalue weighted by Gasteiger charge is 2.34. The van der Waals surface area contributed by atoms with Crippen LogP contribution in [0.5, 0.6) is 5.75 Å². The molecule has 2 aromatic carbocycles. The fourth-order valence-electron chi connectivity index (χ4n) is 4.34. The van der Waals surface area contributed by atoms with Gasteiger partial charge in [0.2, 0.25) is 0 Å². The topological polar surface area (TPSA) is 77.4 Å². The first-order valence-corrected chi connectivity index (χ1v) is 11.4. The zero-order chi connectivity index (χ0) is 26.0. The molecule has 37 heavy (non-hydrogen) atoms. The third kappa shape index (κ3) is 5.21. The number of benzene rings is 2. The predicted octanol–water partition coefficient (Wildman–Crippen LogP) is 4.90. The van der Waals surface area contributed by atoms with Crippen LogP contribution in [0, 0.1) is 5.82 Å². The summed E-state index contributed by atoms with van der Waals surface area (Å²) in [6.07, 6.45) is -1.96. The minimum Gasteiger partial charge on any atom is -0.404 e. The highest BCUT2D eigenvalue weighted by molar-refractivity contribution is 5.94. The van der Waals surface area contributed by atoms with Gasteiger partial charge in [-0.3, -0.25) is 4.98 Å². The zero-order valence-corrected chi connectivity index (χ0v) is 19.3. The summed E-state index contributed by atoms with van der Waals surface area (Å²) in [6.45, 7) is 2.71. The SMILES string of the molecule is O=CC(c1ccc(F)c(-c2ncnc3cc(N4CCOCC4)ccc23)c1)c1ncccc1OC(F)(F)F. The molecule has 1 aliphatic rings. The average molecular weight is 512 g/mol. The molecule has 4 aromatic rings. The minimum absolute atomic E-state index is 0.0742. The molecule has 1 fully saturated rings. The van der Waals surface area contributed by atoms with Crippen molar-refractivity contribution < 1.29 is 31.8 Å². The maximum absolute atomic E-state index is 15.1. The normalized spacial score (nSPS) is 15.0. The van der Waals surface area contributed by atoms with E-state index in [1.807, 2.05) is 12.1 Å². The molecular formula is C26H20F4N4O3. The number of halogens is 4. The number of pyridine rings is 1. The number of aromatic nitrogens is 3. The lowest BCUT2D eigenvalue weighted by Gasteiger charge is -2.29. The van der Waals surface area contributed by atoms with E-state index >= 15 is 4.39 Å². The zero-order valence-electron chi connectivity index (χ0n) is 19.3. The van der Waals surface area contributed by atoms with E-state index in [2.05, 4.69) is 24.6 Å². The molecule has 5 rings (SSSR count). The molecule has 2 aromatic heterocycles. The molecule has 190 valence electrons. The van der Waals surface area contributed by atoms with E-state index < -0.39 is 23.8 Å². The maximum Gasteiger partial charge on any atom is 0.573 e. The summed E-state index contributed by atoms with van der Waals surface area (Å²) >= 11 is 0. The monoisotopic (exact) mass is 512 g/mol. The number of anilines is 1. The van der Waals surface area contributed by atoms with Crippen LogP contribution in [0.2, 0.25) is 0 Å². The van der Waals surface area contributed by atoms with Gasteiger partial charge in [0.1, 0.15) is 18.4 Å². The van der Waals surface area contributed by atoms with Crippen molar-refractivity contribution in [2.75, 3.05) is 31.2 Å². The largest absolute Gasteiger partial charge is 0.573 e. The molecular weight excluding hydrogens is 492 g/mol. The Labute approximate surface area is 208 Å². The maximum atomic E-state index is 15.1. The molecule has 1 atom stereocenters. The summed E-state index contributed by atoms with van der Waals surface area (Å²) in [5.41, 5.74) is 1.89. The number of aldehydes is 1. The molecule has 0 bridgehead atoms. The molecule has 0 aliphatic carbocycles. The average Bonchev–Trinajstić information content (AvgIpc) is 2.90. The summed E-state index contributed by atoms with van der Waals surface area (Å²) in [6, 6.07) is 11.8. The first-order chi connectivity index (χ1) is 17.8. The van der Waals surface area contributed by atoms with E-state index in [0.29, 0.717) is 30.4 Å². The molecule has 0 amide bonds. The summed E-state index contributed by atoms with van der Waals surface area (Å²) in [4.78, 5) is 26.8. The van der Waals surface area contributed by atoms with Crippen molar-refractivity contribution in [1.82, 2.24) is 15.0 Å². The highest BCUT2D eigenvalue weighted by Crippen LogP contribution is 2.36. The minimum atomic E-state index is -4.97. The van der Waals surface area contributed by atoms with E-state index in [1.54, 1.807) is 6.07 Å². The summed E-state index contributed by atoms with van der Waals surface area (Å²) in [7, 11) is 0. The van der Waals surface area contributed by atoms with Gasteiger partial charge in [0.15, 0.2) is 5.75 Å². The van der Waals surface area contributed by atoms with Crippen molar-refractivity contribution in [3.05, 3.63) is 78.1 Å². The van der Waals surface area contributed by atoms with Crippen LogP contribution in [-0.2, 0) is 9.53 Å². The molecule has 0 radical (unpaired) electrons. The van der Waals surface area contributed by atoms with Gasteiger partial charge in [-0.1, -0.05) is 6.07 Å². The van der Waals surface area contributed by atoms with Crippen molar-refractivity contribution in [2.24, 2.45) is 0 Å². The molecule has 3 heterocycles. The standard InChI is InChI=1S/C26H20F4N4O3/c27-21-6-3-16(20(14-35)25-23(2-1-7-31-25)37-26(28,29)30)12-19(21)24-18-5-4-17(13-22(18)32-15-33-24)34-8-10-36-11-9-34/h1-7,12-15,20H,8-11H2. The highest BCUT2D eigenvalue weighted by atomic mass is 19.4. The third-order valence-corrected chi connectivity index (χ3v) is 6.06. The van der Waals surface area contributed by atoms with Crippen LogP contribution in [0.4, 0.5) is 23.2 Å². The van der Waals surface area contributed by atoms with E-state index in [0.717, 1.165) is 30.9 Å². The van der Waals surface area contributed by atoms with Gasteiger partial charge in [0.25, 0.3) is 0 Å². The lowest BCUT2D eigenvalue weighted by molar-refractivity contribution is -0.275. The molecule has 11 heteroatoms. The van der Waals surface area contributed by atoms with Gasteiger partial charge >= 0.3 is 6.36 Å². The van der Waals surface area contributed by atoms with E-state index in [-0.39, 0.29) is 22.5 Å². The Balaban J connectivity index is 1.56. The number of ether oxygens (including phenoxy) is 2. The van der Waals surface area contributed by atoms with Crippen LogP contribution in [0.3, 0.4) is 0 Å². The first-order valence-electron chi connectivity index (χ1n) is 11.4. The number of carbonyl (C=O) groups excluding carboxylic acids is 1. The van der Waals surface area contributed by atoms with Gasteiger partial charge in [0, 0.05) is 35.9 Å². The van der Waals surface area contributed by atoms with Gasteiger partial charge < -0.3 is 19.2 Å². The second-order valence-corrected chi connectivity index (χ2v) is 8.31. The van der Waals surface area contributed by atoms with Crippen LogP contribution in [0.15, 0.2) is 61.1 Å². The first kappa shape index (κ1) is 24.6. The summed E-state index contributed by atoms with van der Waals surface area (Å²) in [5.74, 6) is -2.46. The molecule has 0 spiro atoms. The molecule has 1 aliphatic heterocycles. The Morgan fingerprint density at radius 2 is 1.84 bits per heavy atom. The summed E-state index contributed by atoms with van der Waals surface area (Å²) in [5, 5.41) is 0.581. The molecule has 7 nitrogen and oxygen atoms in total. The molecule has 0 N–H and O–H groups in total. The Kier molecular flexibility index (Phi) is 6.70. The van der Waals surface area contributed by atoms with Gasteiger partial charge in [0.05, 0.1) is 36.0 Å². The van der Waals surface area contributed by atoms with Gasteiger partial charge in [-0.25, -0.2) is 14.4 Å². The van der Waals surface area contributed by atoms with Crippen molar-refractivity contribution in [3.63, 3.8) is 0 Å². The fourth-order valence-corrected chi connectivity index (χ4v) is 4.34. The van der Waals surface area contributed by atoms with Gasteiger partial charge in [-0.05, 0) is 48.0 Å². The van der Waals surface area contributed by atoms with Crippen LogP contribution in [0.1, 0.15) is 17.2 Å². The van der Waals surface area contributed by atoms with Crippen LogP contribution in [-0.4, -0.2) is 53.9 Å². The predicted molar refractivity (Wildman–Crippen MR) is 127 cm³/mol. The Bertz CT molecular complexity index is 1440. The number of hydrogen-bond acceptors (Lipinski definition) is 7. The molecule has 1 unspecified atom stereocenters. The lowest BCUT2D eigenvalue weighted by Crippen LogP contribution is -2.36. The fraction of sp³-hybridized carbons (Fsp3) is 0.231. The van der Waals surface area contributed by atoms with E-state index in [4.69, 9.17) is 4.74 Å². The van der Waals surface area contributed by atoms with Crippen molar-refractivity contribution in [2.45, 2.75) is 12.3 Å². The number of nitrogens with zero attached hydrogens (tertiary/aromatic N) is 4. The van der Waals surface area contributed by atoms with Crippen molar-refractivity contribution in [3.8, 4) is 17.0 Å². The third-order valence-electron chi connectivity index (χ3n) is 6.06. The quantitative estimate of drug-likeness (QED) is 0.269. The van der Waals surface area contributed by atoms with Crippen molar-refractivity contribution in [1.29, 1.82) is 0 Å². The lowest BCUT2D eigenvalue weighted by atomic mass is 9.93. The number of carbonyl (C=O) groups is 1. The Morgan fingerprint density at radius 3 is 2.59 bits per heavy atom. The van der Waals surface area contributed by atoms with Crippen molar-refractivity contribution >= 4 is 22.9 Å². The number of rotatable bonds is 6. The van der Waals surface area contributed by atoms with E-state index in [1.165, 1.54) is 30.7 Å². The van der Waals surface area contributed by atoms with Crippen LogP contribution < -0.4 is 9.64 Å².